The topological polar surface area (TPSA) is 51.2 Å². The van der Waals surface area contributed by atoms with E-state index in [4.69, 9.17) is 4.74 Å². The quantitative estimate of drug-likeness (QED) is 0.689. The van der Waals surface area contributed by atoms with Crippen LogP contribution in [0.5, 0.6) is 11.5 Å². The number of nitrogens with one attached hydrogen (secondary N) is 1. The summed E-state index contributed by atoms with van der Waals surface area (Å²) in [5.41, 5.74) is 1.96. The maximum absolute atomic E-state index is 12.7. The first-order valence-corrected chi connectivity index (χ1v) is 9.24. The second-order valence-corrected chi connectivity index (χ2v) is 6.99. The lowest BCUT2D eigenvalue weighted by Gasteiger charge is -2.15. The van der Waals surface area contributed by atoms with Gasteiger partial charge in [-0.1, -0.05) is 36.4 Å². The highest BCUT2D eigenvalue weighted by molar-refractivity contribution is 5.94. The van der Waals surface area contributed by atoms with Gasteiger partial charge in [0.1, 0.15) is 11.5 Å². The third-order valence-electron chi connectivity index (χ3n) is 5.05. The van der Waals surface area contributed by atoms with Gasteiger partial charge in [0.2, 0.25) is 0 Å². The highest BCUT2D eigenvalue weighted by atomic mass is 16.5. The van der Waals surface area contributed by atoms with Crippen LogP contribution in [-0.2, 0) is 0 Å². The van der Waals surface area contributed by atoms with Crippen LogP contribution < -0.4 is 10.1 Å². The number of carbonyl (C=O) groups is 1. The van der Waals surface area contributed by atoms with Gasteiger partial charge < -0.3 is 10.1 Å². The van der Waals surface area contributed by atoms with Crippen LogP contribution in [0, 0.1) is 5.92 Å². The van der Waals surface area contributed by atoms with E-state index in [2.05, 4.69) is 41.5 Å². The summed E-state index contributed by atoms with van der Waals surface area (Å²) in [6, 6.07) is 21.5. The lowest BCUT2D eigenvalue weighted by molar-refractivity contribution is 0.0935. The fourth-order valence-electron chi connectivity index (χ4n) is 3.49. The Morgan fingerprint density at radius 2 is 1.81 bits per heavy atom. The molecule has 2 aromatic carbocycles. The Kier molecular flexibility index (Phi) is 4.88. The summed E-state index contributed by atoms with van der Waals surface area (Å²) >= 11 is 0. The maximum Gasteiger partial charge on any atom is 0.251 e. The molecule has 0 aliphatic heterocycles. The number of pyridine rings is 1. The molecule has 0 saturated heterocycles. The zero-order valence-electron chi connectivity index (χ0n) is 15.2. The molecule has 1 saturated carbocycles. The molecule has 4 rings (SSSR count). The minimum Gasteiger partial charge on any atom is -0.457 e. The van der Waals surface area contributed by atoms with E-state index in [1.54, 1.807) is 30.6 Å². The maximum atomic E-state index is 12.7. The molecule has 3 atom stereocenters. The predicted octanol–water partition coefficient (Wildman–Crippen LogP) is 4.80. The molecule has 27 heavy (non-hydrogen) atoms. The van der Waals surface area contributed by atoms with Crippen molar-refractivity contribution in [1.82, 2.24) is 10.3 Å². The van der Waals surface area contributed by atoms with E-state index < -0.39 is 0 Å². The summed E-state index contributed by atoms with van der Waals surface area (Å²) in [6.07, 6.45) is 4.47. The van der Waals surface area contributed by atoms with Crippen molar-refractivity contribution in [2.75, 3.05) is 0 Å². The number of carbonyl (C=O) groups excluding carboxylic acids is 1. The molecule has 136 valence electrons. The van der Waals surface area contributed by atoms with Crippen LogP contribution in [0.4, 0.5) is 0 Å². The van der Waals surface area contributed by atoms with E-state index in [1.165, 1.54) is 5.56 Å². The summed E-state index contributed by atoms with van der Waals surface area (Å²) in [5.74, 6) is 2.30. The molecule has 0 bridgehead atoms. The zero-order chi connectivity index (χ0) is 18.6. The molecule has 1 aliphatic rings. The van der Waals surface area contributed by atoms with Crippen LogP contribution in [-0.4, -0.2) is 16.9 Å². The number of ether oxygens (including phenoxy) is 1. The van der Waals surface area contributed by atoms with Gasteiger partial charge in [0.25, 0.3) is 5.91 Å². The van der Waals surface area contributed by atoms with Crippen LogP contribution in [0.3, 0.4) is 0 Å². The van der Waals surface area contributed by atoms with Crippen LogP contribution in [0.1, 0.15) is 35.2 Å². The standard InChI is InChI=1S/C23H22N2O2/c1-16(21-15-22(21)17-6-3-2-4-7-17)25-23(26)18-8-5-9-20(14-18)27-19-10-12-24-13-11-19/h2-14,16,21-22H,15H2,1H3,(H,25,26). The van der Waals surface area contributed by atoms with Crippen molar-refractivity contribution < 1.29 is 9.53 Å². The summed E-state index contributed by atoms with van der Waals surface area (Å²) < 4.78 is 5.79. The van der Waals surface area contributed by atoms with Crippen molar-refractivity contribution in [2.45, 2.75) is 25.3 Å². The molecule has 0 radical (unpaired) electrons. The van der Waals surface area contributed by atoms with E-state index in [-0.39, 0.29) is 11.9 Å². The molecule has 0 spiro atoms. The number of amides is 1. The SMILES string of the molecule is CC(NC(=O)c1cccc(Oc2ccncc2)c1)C1CC1c1ccccc1. The monoisotopic (exact) mass is 358 g/mol. The van der Waals surface area contributed by atoms with Crippen LogP contribution in [0.25, 0.3) is 0 Å². The Bertz CT molecular complexity index is 912. The fourth-order valence-corrected chi connectivity index (χ4v) is 3.49. The summed E-state index contributed by atoms with van der Waals surface area (Å²) in [6.45, 7) is 2.09. The van der Waals surface area contributed by atoms with Crippen molar-refractivity contribution >= 4 is 5.91 Å². The van der Waals surface area contributed by atoms with Crippen molar-refractivity contribution in [2.24, 2.45) is 5.92 Å². The molecular weight excluding hydrogens is 336 g/mol. The first-order valence-electron chi connectivity index (χ1n) is 9.24. The molecular formula is C23H22N2O2. The molecule has 3 aromatic rings. The minimum absolute atomic E-state index is 0.0682. The second kappa shape index (κ2) is 7.62. The summed E-state index contributed by atoms with van der Waals surface area (Å²) in [4.78, 5) is 16.6. The summed E-state index contributed by atoms with van der Waals surface area (Å²) in [7, 11) is 0. The average Bonchev–Trinajstić information content (AvgIpc) is 3.51. The van der Waals surface area contributed by atoms with Gasteiger partial charge in [-0.25, -0.2) is 0 Å². The Morgan fingerprint density at radius 1 is 1.04 bits per heavy atom. The van der Waals surface area contributed by atoms with Crippen LogP contribution in [0.2, 0.25) is 0 Å². The predicted molar refractivity (Wildman–Crippen MR) is 105 cm³/mol. The second-order valence-electron chi connectivity index (χ2n) is 6.99. The minimum atomic E-state index is -0.0682. The first kappa shape index (κ1) is 17.3. The highest BCUT2D eigenvalue weighted by Gasteiger charge is 2.42. The van der Waals surface area contributed by atoms with Gasteiger partial charge in [-0.3, -0.25) is 9.78 Å². The number of hydrogen-bond donors (Lipinski definition) is 1. The van der Waals surface area contributed by atoms with Crippen molar-refractivity contribution in [3.05, 3.63) is 90.3 Å². The third-order valence-corrected chi connectivity index (χ3v) is 5.05. The van der Waals surface area contributed by atoms with Gasteiger partial charge in [-0.15, -0.1) is 0 Å². The fraction of sp³-hybridized carbons (Fsp3) is 0.217. The normalized spacial score (nSPS) is 19.1. The number of aromatic nitrogens is 1. The van der Waals surface area contributed by atoms with E-state index in [0.29, 0.717) is 28.9 Å². The van der Waals surface area contributed by atoms with Gasteiger partial charge in [0, 0.05) is 24.0 Å². The van der Waals surface area contributed by atoms with Crippen molar-refractivity contribution in [3.8, 4) is 11.5 Å². The van der Waals surface area contributed by atoms with E-state index >= 15 is 0 Å². The largest absolute Gasteiger partial charge is 0.457 e. The lowest BCUT2D eigenvalue weighted by atomic mass is 10.1. The zero-order valence-corrected chi connectivity index (χ0v) is 15.2. The first-order chi connectivity index (χ1) is 13.2. The van der Waals surface area contributed by atoms with Crippen LogP contribution in [0.15, 0.2) is 79.1 Å². The molecule has 1 amide bonds. The van der Waals surface area contributed by atoms with Gasteiger partial charge >= 0.3 is 0 Å². The van der Waals surface area contributed by atoms with Gasteiger partial charge in [0.05, 0.1) is 0 Å². The molecule has 1 aromatic heterocycles. The lowest BCUT2D eigenvalue weighted by Crippen LogP contribution is -2.34. The van der Waals surface area contributed by atoms with E-state index in [1.807, 2.05) is 24.3 Å². The Balaban J connectivity index is 1.38. The number of hydrogen-bond acceptors (Lipinski definition) is 3. The molecule has 1 N–H and O–H groups in total. The molecule has 4 nitrogen and oxygen atoms in total. The Labute approximate surface area is 159 Å². The van der Waals surface area contributed by atoms with Gasteiger partial charge in [-0.2, -0.15) is 0 Å². The van der Waals surface area contributed by atoms with Crippen molar-refractivity contribution in [1.29, 1.82) is 0 Å². The highest BCUT2D eigenvalue weighted by Crippen LogP contribution is 2.49. The molecule has 1 fully saturated rings. The third kappa shape index (κ3) is 4.17. The number of benzene rings is 2. The van der Waals surface area contributed by atoms with Crippen LogP contribution >= 0.6 is 0 Å². The molecule has 3 unspecified atom stereocenters. The van der Waals surface area contributed by atoms with Gasteiger partial charge in [-0.05, 0) is 61.1 Å². The number of rotatable bonds is 6. The van der Waals surface area contributed by atoms with Crippen molar-refractivity contribution in [3.63, 3.8) is 0 Å². The Morgan fingerprint density at radius 3 is 2.59 bits per heavy atom. The molecule has 1 heterocycles. The van der Waals surface area contributed by atoms with Gasteiger partial charge in [0.15, 0.2) is 0 Å². The smallest absolute Gasteiger partial charge is 0.251 e. The summed E-state index contributed by atoms with van der Waals surface area (Å²) in [5, 5.41) is 3.14. The molecule has 1 aliphatic carbocycles. The molecule has 4 heteroatoms. The Hall–Kier alpha value is -3.14. The van der Waals surface area contributed by atoms with E-state index in [9.17, 15) is 4.79 Å². The number of nitrogens with zero attached hydrogens (tertiary/aromatic N) is 1. The van der Waals surface area contributed by atoms with E-state index in [0.717, 1.165) is 6.42 Å². The average molecular weight is 358 g/mol.